The maximum atomic E-state index is 11.4. The number of carbonyl (C=O) groups excluding carboxylic acids is 1. The van der Waals surface area contributed by atoms with E-state index in [1.165, 1.54) is 0 Å². The van der Waals surface area contributed by atoms with E-state index in [4.69, 9.17) is 0 Å². The standard InChI is InChI=1S/C14H18O/c1-12(2)8-10-14(15)11-9-13-6-4-3-5-7-13/h3-7,9,11-12H,8,10H2,1-2H3/b11-9-. The Hall–Kier alpha value is -1.37. The molecule has 0 saturated carbocycles. The normalized spacial score (nSPS) is 11.1. The monoisotopic (exact) mass is 202 g/mol. The molecule has 0 atom stereocenters. The molecule has 0 N–H and O–H groups in total. The Labute approximate surface area is 91.8 Å². The minimum absolute atomic E-state index is 0.215. The van der Waals surface area contributed by atoms with Gasteiger partial charge in [-0.15, -0.1) is 0 Å². The van der Waals surface area contributed by atoms with Gasteiger partial charge >= 0.3 is 0 Å². The van der Waals surface area contributed by atoms with Crippen molar-refractivity contribution in [3.8, 4) is 0 Å². The Morgan fingerprint density at radius 2 is 1.93 bits per heavy atom. The van der Waals surface area contributed by atoms with Gasteiger partial charge in [-0.25, -0.2) is 0 Å². The van der Waals surface area contributed by atoms with Gasteiger partial charge in [-0.2, -0.15) is 0 Å². The number of carbonyl (C=O) groups is 1. The molecule has 0 spiro atoms. The van der Waals surface area contributed by atoms with Crippen LogP contribution in [0.4, 0.5) is 0 Å². The first-order valence-corrected chi connectivity index (χ1v) is 5.44. The highest BCUT2D eigenvalue weighted by molar-refractivity contribution is 5.93. The molecule has 0 aliphatic heterocycles. The number of allylic oxidation sites excluding steroid dienone is 1. The summed E-state index contributed by atoms with van der Waals surface area (Å²) < 4.78 is 0. The Balaban J connectivity index is 2.41. The summed E-state index contributed by atoms with van der Waals surface area (Å²) in [6.07, 6.45) is 5.18. The second-order valence-electron chi connectivity index (χ2n) is 4.14. The van der Waals surface area contributed by atoms with Crippen LogP contribution in [0.25, 0.3) is 6.08 Å². The van der Waals surface area contributed by atoms with Crippen LogP contribution >= 0.6 is 0 Å². The first-order valence-electron chi connectivity index (χ1n) is 5.44. The summed E-state index contributed by atoms with van der Waals surface area (Å²) in [5, 5.41) is 0. The smallest absolute Gasteiger partial charge is 0.155 e. The van der Waals surface area contributed by atoms with E-state index in [1.54, 1.807) is 6.08 Å². The number of hydrogen-bond donors (Lipinski definition) is 0. The molecule has 0 bridgehead atoms. The van der Waals surface area contributed by atoms with E-state index in [1.807, 2.05) is 36.4 Å². The summed E-state index contributed by atoms with van der Waals surface area (Å²) >= 11 is 0. The molecule has 0 saturated heterocycles. The molecule has 0 heterocycles. The van der Waals surface area contributed by atoms with Crippen molar-refractivity contribution in [2.24, 2.45) is 5.92 Å². The fourth-order valence-electron chi connectivity index (χ4n) is 1.27. The van der Waals surface area contributed by atoms with E-state index in [9.17, 15) is 4.79 Å². The molecular weight excluding hydrogens is 184 g/mol. The highest BCUT2D eigenvalue weighted by Crippen LogP contribution is 2.06. The van der Waals surface area contributed by atoms with Crippen LogP contribution in [0.5, 0.6) is 0 Å². The third-order valence-corrected chi connectivity index (χ3v) is 2.23. The SMILES string of the molecule is CC(C)CCC(=O)/C=C\c1ccccc1. The zero-order chi connectivity index (χ0) is 11.1. The molecule has 0 aliphatic rings. The van der Waals surface area contributed by atoms with Crippen LogP contribution in [0.2, 0.25) is 0 Å². The van der Waals surface area contributed by atoms with Gasteiger partial charge in [0, 0.05) is 6.42 Å². The molecule has 1 aromatic rings. The van der Waals surface area contributed by atoms with Crippen LogP contribution in [-0.2, 0) is 4.79 Å². The van der Waals surface area contributed by atoms with Crippen LogP contribution in [-0.4, -0.2) is 5.78 Å². The lowest BCUT2D eigenvalue weighted by atomic mass is 10.1. The van der Waals surface area contributed by atoms with E-state index in [-0.39, 0.29) is 5.78 Å². The molecule has 1 rings (SSSR count). The fraction of sp³-hybridized carbons (Fsp3) is 0.357. The van der Waals surface area contributed by atoms with Crippen molar-refractivity contribution in [1.82, 2.24) is 0 Å². The number of benzene rings is 1. The molecule has 0 amide bonds. The predicted octanol–water partition coefficient (Wildman–Crippen LogP) is 3.71. The summed E-state index contributed by atoms with van der Waals surface area (Å²) in [6, 6.07) is 9.90. The molecule has 0 radical (unpaired) electrons. The van der Waals surface area contributed by atoms with Gasteiger partial charge < -0.3 is 0 Å². The van der Waals surface area contributed by atoms with Gasteiger partial charge in [0.1, 0.15) is 0 Å². The number of rotatable bonds is 5. The van der Waals surface area contributed by atoms with Crippen molar-refractivity contribution in [3.63, 3.8) is 0 Å². The molecule has 80 valence electrons. The second kappa shape index (κ2) is 6.18. The Kier molecular flexibility index (Phi) is 4.82. The van der Waals surface area contributed by atoms with Crippen molar-refractivity contribution in [1.29, 1.82) is 0 Å². The van der Waals surface area contributed by atoms with Gasteiger partial charge in [0.2, 0.25) is 0 Å². The van der Waals surface area contributed by atoms with Crippen molar-refractivity contribution < 1.29 is 4.79 Å². The van der Waals surface area contributed by atoms with Gasteiger partial charge in [0.25, 0.3) is 0 Å². The molecular formula is C14H18O. The minimum atomic E-state index is 0.215. The average Bonchev–Trinajstić information content (AvgIpc) is 2.25. The zero-order valence-corrected chi connectivity index (χ0v) is 9.44. The third kappa shape index (κ3) is 5.16. The molecule has 1 heteroatoms. The topological polar surface area (TPSA) is 17.1 Å². The van der Waals surface area contributed by atoms with Gasteiger partial charge in [-0.05, 0) is 24.0 Å². The maximum Gasteiger partial charge on any atom is 0.155 e. The summed E-state index contributed by atoms with van der Waals surface area (Å²) in [7, 11) is 0. The second-order valence-corrected chi connectivity index (χ2v) is 4.14. The van der Waals surface area contributed by atoms with Gasteiger partial charge in [0.15, 0.2) is 5.78 Å². The van der Waals surface area contributed by atoms with Crippen LogP contribution in [0, 0.1) is 5.92 Å². The zero-order valence-electron chi connectivity index (χ0n) is 9.44. The molecule has 0 aromatic heterocycles. The molecule has 0 aliphatic carbocycles. The summed E-state index contributed by atoms with van der Waals surface area (Å²) in [4.78, 5) is 11.4. The summed E-state index contributed by atoms with van der Waals surface area (Å²) in [6.45, 7) is 4.27. The van der Waals surface area contributed by atoms with E-state index in [0.717, 1.165) is 12.0 Å². The predicted molar refractivity (Wildman–Crippen MR) is 64.6 cm³/mol. The summed E-state index contributed by atoms with van der Waals surface area (Å²) in [5.74, 6) is 0.812. The van der Waals surface area contributed by atoms with Crippen molar-refractivity contribution in [3.05, 3.63) is 42.0 Å². The van der Waals surface area contributed by atoms with Crippen LogP contribution < -0.4 is 0 Å². The average molecular weight is 202 g/mol. The van der Waals surface area contributed by atoms with Crippen LogP contribution in [0.3, 0.4) is 0 Å². The van der Waals surface area contributed by atoms with E-state index < -0.39 is 0 Å². The highest BCUT2D eigenvalue weighted by Gasteiger charge is 1.99. The molecule has 15 heavy (non-hydrogen) atoms. The Bertz CT molecular complexity index is 322. The van der Waals surface area contributed by atoms with Crippen LogP contribution in [0.15, 0.2) is 36.4 Å². The van der Waals surface area contributed by atoms with Crippen molar-refractivity contribution in [2.45, 2.75) is 26.7 Å². The van der Waals surface area contributed by atoms with E-state index in [0.29, 0.717) is 12.3 Å². The molecule has 1 aromatic carbocycles. The molecule has 0 unspecified atom stereocenters. The van der Waals surface area contributed by atoms with Gasteiger partial charge in [0.05, 0.1) is 0 Å². The maximum absolute atomic E-state index is 11.4. The quantitative estimate of drug-likeness (QED) is 0.665. The van der Waals surface area contributed by atoms with Crippen LogP contribution in [0.1, 0.15) is 32.3 Å². The van der Waals surface area contributed by atoms with Crippen molar-refractivity contribution >= 4 is 11.9 Å². The van der Waals surface area contributed by atoms with E-state index >= 15 is 0 Å². The van der Waals surface area contributed by atoms with E-state index in [2.05, 4.69) is 13.8 Å². The highest BCUT2D eigenvalue weighted by atomic mass is 16.1. The lowest BCUT2D eigenvalue weighted by Crippen LogP contribution is -1.96. The minimum Gasteiger partial charge on any atom is -0.295 e. The van der Waals surface area contributed by atoms with Crippen molar-refractivity contribution in [2.75, 3.05) is 0 Å². The van der Waals surface area contributed by atoms with Gasteiger partial charge in [-0.1, -0.05) is 50.3 Å². The van der Waals surface area contributed by atoms with Gasteiger partial charge in [-0.3, -0.25) is 4.79 Å². The summed E-state index contributed by atoms with van der Waals surface area (Å²) in [5.41, 5.74) is 1.08. The molecule has 0 fully saturated rings. The lowest BCUT2D eigenvalue weighted by molar-refractivity contribution is -0.114. The first-order chi connectivity index (χ1) is 7.18. The fourth-order valence-corrected chi connectivity index (χ4v) is 1.27. The Morgan fingerprint density at radius 1 is 1.27 bits per heavy atom. The third-order valence-electron chi connectivity index (χ3n) is 2.23. The Morgan fingerprint density at radius 3 is 2.53 bits per heavy atom. The molecule has 1 nitrogen and oxygen atoms in total. The number of ketones is 1. The lowest BCUT2D eigenvalue weighted by Gasteiger charge is -2.00. The first kappa shape index (κ1) is 11.7. The largest absolute Gasteiger partial charge is 0.295 e. The number of hydrogen-bond acceptors (Lipinski definition) is 1.